The van der Waals surface area contributed by atoms with Gasteiger partial charge in [-0.05, 0) is 35.6 Å². The normalized spacial score (nSPS) is 23.3. The minimum absolute atomic E-state index is 0.00317. The zero-order chi connectivity index (χ0) is 21.9. The van der Waals surface area contributed by atoms with E-state index < -0.39 is 35.5 Å². The Bertz CT molecular complexity index is 1110. The summed E-state index contributed by atoms with van der Waals surface area (Å²) >= 11 is 0. The second-order valence-corrected chi connectivity index (χ2v) is 8.27. The Morgan fingerprint density at radius 1 is 1.27 bits per heavy atom. The van der Waals surface area contributed by atoms with E-state index in [-0.39, 0.29) is 11.3 Å². The summed E-state index contributed by atoms with van der Waals surface area (Å²) in [5.41, 5.74) is -2.89. The Morgan fingerprint density at radius 3 is 2.67 bits per heavy atom. The first-order valence-corrected chi connectivity index (χ1v) is 9.33. The van der Waals surface area contributed by atoms with E-state index in [0.717, 1.165) is 12.1 Å². The molecule has 9 heteroatoms. The molecule has 0 bridgehead atoms. The van der Waals surface area contributed by atoms with Gasteiger partial charge in [0, 0.05) is 22.7 Å². The minimum atomic E-state index is -4.97. The summed E-state index contributed by atoms with van der Waals surface area (Å²) in [5, 5.41) is 21.1. The van der Waals surface area contributed by atoms with Gasteiger partial charge in [0.05, 0.1) is 24.9 Å². The average Bonchev–Trinajstić information content (AvgIpc) is 3.12. The molecule has 0 amide bonds. The van der Waals surface area contributed by atoms with Gasteiger partial charge in [-0.3, -0.25) is 5.10 Å². The molecule has 1 heterocycles. The van der Waals surface area contributed by atoms with Crippen LogP contribution in [0.5, 0.6) is 5.75 Å². The predicted molar refractivity (Wildman–Crippen MR) is 104 cm³/mol. The number of H-pyrrole nitrogens is 1. The van der Waals surface area contributed by atoms with Gasteiger partial charge < -0.3 is 15.2 Å². The number of nitrogens with zero attached hydrogens (tertiary/aromatic N) is 1. The van der Waals surface area contributed by atoms with E-state index in [4.69, 9.17) is 4.74 Å². The molecule has 0 spiro atoms. The fourth-order valence-electron chi connectivity index (χ4n) is 4.55. The smallest absolute Gasteiger partial charge is 0.419 e. The fraction of sp³-hybridized carbons (Fsp3) is 0.381. The number of ether oxygens (including phenoxy) is 1. The van der Waals surface area contributed by atoms with Crippen molar-refractivity contribution in [3.63, 3.8) is 0 Å². The first-order chi connectivity index (χ1) is 14.0. The van der Waals surface area contributed by atoms with Crippen molar-refractivity contribution in [2.75, 3.05) is 12.4 Å². The van der Waals surface area contributed by atoms with Gasteiger partial charge in [-0.15, -0.1) is 0 Å². The lowest BCUT2D eigenvalue weighted by Crippen LogP contribution is -2.58. The van der Waals surface area contributed by atoms with E-state index in [1.807, 2.05) is 0 Å². The summed E-state index contributed by atoms with van der Waals surface area (Å²) in [5.74, 6) is -0.603. The van der Waals surface area contributed by atoms with Gasteiger partial charge in [-0.1, -0.05) is 19.9 Å². The Kier molecular flexibility index (Phi) is 4.50. The Morgan fingerprint density at radius 2 is 2.00 bits per heavy atom. The third kappa shape index (κ3) is 2.99. The second-order valence-electron chi connectivity index (χ2n) is 8.27. The highest BCUT2D eigenvalue weighted by Gasteiger charge is 2.64. The maximum Gasteiger partial charge on any atom is 0.419 e. The topological polar surface area (TPSA) is 70.2 Å². The molecule has 4 rings (SSSR count). The molecule has 3 aromatic rings. The van der Waals surface area contributed by atoms with Gasteiger partial charge in [-0.25, -0.2) is 4.39 Å². The second kappa shape index (κ2) is 6.60. The SMILES string of the molecule is COc1cc(F)cc2c1C(C)(C)CC(O)(C(F)(F)F)C2Nc1cccc2[nH]ncc12. The quantitative estimate of drug-likeness (QED) is 0.528. The standard InChI is InChI=1S/C21H21F4N3O2/c1-19(2)10-20(29,21(23,24)25)18(12-7-11(22)8-16(30-3)17(12)19)27-14-5-4-6-15-13(14)9-26-28-15/h4-9,18,27,29H,10H2,1-3H3,(H,26,28). The zero-order valence-corrected chi connectivity index (χ0v) is 16.6. The van der Waals surface area contributed by atoms with Crippen molar-refractivity contribution >= 4 is 16.6 Å². The van der Waals surface area contributed by atoms with Crippen LogP contribution in [0.4, 0.5) is 23.2 Å². The number of fused-ring (bicyclic) bond motifs is 2. The van der Waals surface area contributed by atoms with Crippen LogP contribution in [0, 0.1) is 5.82 Å². The van der Waals surface area contributed by atoms with Gasteiger partial charge in [0.15, 0.2) is 5.60 Å². The highest BCUT2D eigenvalue weighted by atomic mass is 19.4. The van der Waals surface area contributed by atoms with Crippen LogP contribution in [0.15, 0.2) is 36.5 Å². The molecule has 0 fully saturated rings. The summed E-state index contributed by atoms with van der Waals surface area (Å²) in [6.45, 7) is 3.16. The fourth-order valence-corrected chi connectivity index (χ4v) is 4.55. The van der Waals surface area contributed by atoms with E-state index in [1.54, 1.807) is 32.0 Å². The Balaban J connectivity index is 1.97. The van der Waals surface area contributed by atoms with Gasteiger partial charge >= 0.3 is 6.18 Å². The van der Waals surface area contributed by atoms with Crippen LogP contribution >= 0.6 is 0 Å². The highest BCUT2D eigenvalue weighted by Crippen LogP contribution is 2.56. The number of hydrogen-bond acceptors (Lipinski definition) is 4. The Hall–Kier alpha value is -2.81. The van der Waals surface area contributed by atoms with E-state index in [0.29, 0.717) is 22.2 Å². The molecular formula is C21H21F4N3O2. The molecule has 2 aromatic carbocycles. The molecule has 3 N–H and O–H groups in total. The lowest BCUT2D eigenvalue weighted by Gasteiger charge is -2.49. The summed E-state index contributed by atoms with van der Waals surface area (Å²) in [4.78, 5) is 0. The third-order valence-corrected chi connectivity index (χ3v) is 5.77. The number of benzene rings is 2. The molecule has 1 aliphatic carbocycles. The van der Waals surface area contributed by atoms with Gasteiger partial charge in [0.25, 0.3) is 0 Å². The first kappa shape index (κ1) is 20.5. The van der Waals surface area contributed by atoms with Crippen LogP contribution in [0.3, 0.4) is 0 Å². The number of hydrogen-bond donors (Lipinski definition) is 3. The monoisotopic (exact) mass is 423 g/mol. The zero-order valence-electron chi connectivity index (χ0n) is 16.6. The number of halogens is 4. The lowest BCUT2D eigenvalue weighted by molar-refractivity contribution is -0.276. The molecule has 0 saturated carbocycles. The molecule has 1 aliphatic rings. The largest absolute Gasteiger partial charge is 0.496 e. The maximum atomic E-state index is 14.4. The van der Waals surface area contributed by atoms with Crippen LogP contribution in [0.1, 0.15) is 37.4 Å². The number of aliphatic hydroxyl groups is 1. The molecule has 2 unspecified atom stereocenters. The first-order valence-electron chi connectivity index (χ1n) is 9.33. The van der Waals surface area contributed by atoms with Crippen molar-refractivity contribution in [3.8, 4) is 5.75 Å². The van der Waals surface area contributed by atoms with Crippen LogP contribution in [0.25, 0.3) is 10.9 Å². The van der Waals surface area contributed by atoms with E-state index in [9.17, 15) is 22.7 Å². The number of alkyl halides is 3. The molecule has 5 nitrogen and oxygen atoms in total. The summed E-state index contributed by atoms with van der Waals surface area (Å²) in [7, 11) is 1.34. The van der Waals surface area contributed by atoms with Crippen LogP contribution < -0.4 is 10.1 Å². The van der Waals surface area contributed by atoms with E-state index >= 15 is 0 Å². The van der Waals surface area contributed by atoms with Crippen molar-refractivity contribution in [1.29, 1.82) is 0 Å². The van der Waals surface area contributed by atoms with Crippen molar-refractivity contribution in [1.82, 2.24) is 10.2 Å². The van der Waals surface area contributed by atoms with Crippen molar-refractivity contribution < 1.29 is 27.4 Å². The Labute approximate surface area is 170 Å². The van der Waals surface area contributed by atoms with Crippen molar-refractivity contribution in [2.45, 2.75) is 43.5 Å². The predicted octanol–water partition coefficient (Wildman–Crippen LogP) is 4.84. The van der Waals surface area contributed by atoms with E-state index in [1.165, 1.54) is 13.3 Å². The molecule has 1 aromatic heterocycles. The molecule has 2 atom stereocenters. The van der Waals surface area contributed by atoms with Gasteiger partial charge in [0.2, 0.25) is 0 Å². The van der Waals surface area contributed by atoms with E-state index in [2.05, 4.69) is 15.5 Å². The average molecular weight is 423 g/mol. The molecular weight excluding hydrogens is 402 g/mol. The van der Waals surface area contributed by atoms with Crippen LogP contribution in [-0.4, -0.2) is 34.2 Å². The lowest BCUT2D eigenvalue weighted by atomic mass is 9.63. The molecule has 0 aliphatic heterocycles. The van der Waals surface area contributed by atoms with Crippen LogP contribution in [-0.2, 0) is 5.41 Å². The summed E-state index contributed by atoms with van der Waals surface area (Å²) < 4.78 is 62.3. The van der Waals surface area contributed by atoms with Crippen molar-refractivity contribution in [3.05, 3.63) is 53.5 Å². The van der Waals surface area contributed by atoms with Gasteiger partial charge in [0.1, 0.15) is 11.6 Å². The van der Waals surface area contributed by atoms with Crippen LogP contribution in [0.2, 0.25) is 0 Å². The summed E-state index contributed by atoms with van der Waals surface area (Å²) in [6.07, 6.45) is -4.12. The number of methoxy groups -OCH3 is 1. The molecule has 0 saturated heterocycles. The van der Waals surface area contributed by atoms with Gasteiger partial charge in [-0.2, -0.15) is 18.3 Å². The summed E-state index contributed by atoms with van der Waals surface area (Å²) in [6, 6.07) is 5.48. The maximum absolute atomic E-state index is 14.4. The molecule has 30 heavy (non-hydrogen) atoms. The highest BCUT2D eigenvalue weighted by molar-refractivity contribution is 5.91. The minimum Gasteiger partial charge on any atom is -0.496 e. The number of rotatable bonds is 3. The van der Waals surface area contributed by atoms with Crippen molar-refractivity contribution in [2.24, 2.45) is 0 Å². The molecule has 0 radical (unpaired) electrons. The number of aromatic amines is 1. The molecule has 160 valence electrons. The number of aromatic nitrogens is 2. The number of nitrogens with one attached hydrogen (secondary N) is 2. The third-order valence-electron chi connectivity index (χ3n) is 5.77. The number of anilines is 1.